The van der Waals surface area contributed by atoms with Crippen LogP contribution < -0.4 is 9.64 Å². The van der Waals surface area contributed by atoms with E-state index in [1.54, 1.807) is 27.9 Å². The van der Waals surface area contributed by atoms with E-state index < -0.39 is 11.6 Å². The lowest BCUT2D eigenvalue weighted by molar-refractivity contribution is -0.696. The number of fused-ring (bicyclic) bond motifs is 1. The molecule has 1 aliphatic heterocycles. The highest BCUT2D eigenvalue weighted by Gasteiger charge is 2.33. The van der Waals surface area contributed by atoms with Crippen LogP contribution in [0.3, 0.4) is 0 Å². The molecule has 26 heavy (non-hydrogen) atoms. The number of nitrogens with zero attached hydrogens (tertiary/aromatic N) is 1. The average Bonchev–Trinajstić information content (AvgIpc) is 3.01. The number of methoxy groups -OCH3 is 1. The summed E-state index contributed by atoms with van der Waals surface area (Å²) in [7, 11) is 1.62. The molecule has 0 saturated carbocycles. The lowest BCUT2D eigenvalue weighted by Crippen LogP contribution is -3.15. The summed E-state index contributed by atoms with van der Waals surface area (Å²) in [4.78, 5) is 30.9. The van der Waals surface area contributed by atoms with Crippen molar-refractivity contribution in [2.24, 2.45) is 4.99 Å². The number of ether oxygens (including phenoxy) is 2. The number of carbonyl (C=O) groups excluding carboxylic acids is 2. The zero-order valence-electron chi connectivity index (χ0n) is 15.2. The highest BCUT2D eigenvalue weighted by molar-refractivity contribution is 7.18. The maximum atomic E-state index is 12.7. The SMILES string of the molecule is COc1ccc(-c2cc3c(s2)C(=O)[NH+](CC(=O)OC(C)(C)C)C=N3)cc1. The molecule has 1 amide bonds. The van der Waals surface area contributed by atoms with Gasteiger partial charge in [-0.25, -0.2) is 19.5 Å². The van der Waals surface area contributed by atoms with E-state index in [4.69, 9.17) is 9.47 Å². The van der Waals surface area contributed by atoms with Gasteiger partial charge in [0.2, 0.25) is 0 Å². The van der Waals surface area contributed by atoms with E-state index in [1.807, 2.05) is 30.3 Å². The Bertz CT molecular complexity index is 863. The maximum absolute atomic E-state index is 12.7. The molecule has 3 rings (SSSR count). The van der Waals surface area contributed by atoms with Gasteiger partial charge < -0.3 is 9.47 Å². The normalized spacial score (nSPS) is 16.3. The fourth-order valence-electron chi connectivity index (χ4n) is 2.55. The Morgan fingerprint density at radius 2 is 1.92 bits per heavy atom. The quantitative estimate of drug-likeness (QED) is 0.836. The Labute approximate surface area is 156 Å². The summed E-state index contributed by atoms with van der Waals surface area (Å²) >= 11 is 1.38. The van der Waals surface area contributed by atoms with Crippen LogP contribution >= 0.6 is 11.3 Å². The minimum absolute atomic E-state index is 0.0746. The number of rotatable bonds is 4. The maximum Gasteiger partial charge on any atom is 0.363 e. The van der Waals surface area contributed by atoms with Gasteiger partial charge in [0, 0.05) is 4.88 Å². The molecule has 1 atom stereocenters. The molecule has 0 spiro atoms. The first-order chi connectivity index (χ1) is 12.3. The number of benzene rings is 1. The number of carbonyl (C=O) groups is 2. The lowest BCUT2D eigenvalue weighted by atomic mass is 10.1. The van der Waals surface area contributed by atoms with Gasteiger partial charge in [0.05, 0.1) is 12.8 Å². The van der Waals surface area contributed by atoms with Gasteiger partial charge in [0.15, 0.2) is 17.8 Å². The van der Waals surface area contributed by atoms with E-state index in [0.29, 0.717) is 15.5 Å². The van der Waals surface area contributed by atoms with Crippen molar-refractivity contribution >= 4 is 35.2 Å². The van der Waals surface area contributed by atoms with Gasteiger partial charge in [-0.1, -0.05) is 0 Å². The minimum Gasteiger partial charge on any atom is -0.497 e. The molecule has 6 nitrogen and oxygen atoms in total. The van der Waals surface area contributed by atoms with E-state index in [2.05, 4.69) is 4.99 Å². The number of aliphatic imine (C=N–C) groups is 1. The van der Waals surface area contributed by atoms with Crippen LogP contribution in [0, 0.1) is 0 Å². The molecule has 0 radical (unpaired) electrons. The fraction of sp³-hybridized carbons (Fsp3) is 0.316. The van der Waals surface area contributed by atoms with Crippen molar-refractivity contribution in [1.29, 1.82) is 0 Å². The van der Waals surface area contributed by atoms with Crippen molar-refractivity contribution in [3.05, 3.63) is 35.2 Å². The predicted molar refractivity (Wildman–Crippen MR) is 100 cm³/mol. The molecular formula is C19H21N2O4S+. The van der Waals surface area contributed by atoms with E-state index in [1.165, 1.54) is 17.7 Å². The summed E-state index contributed by atoms with van der Waals surface area (Å²) in [5.41, 5.74) is 1.04. The first kappa shape index (κ1) is 18.3. The summed E-state index contributed by atoms with van der Waals surface area (Å²) in [6, 6.07) is 9.52. The number of esters is 1. The molecule has 2 heterocycles. The van der Waals surface area contributed by atoms with Crippen LogP contribution in [0.25, 0.3) is 10.4 Å². The molecule has 2 aromatic rings. The zero-order chi connectivity index (χ0) is 18.9. The van der Waals surface area contributed by atoms with Gasteiger partial charge in [-0.3, -0.25) is 0 Å². The van der Waals surface area contributed by atoms with Crippen molar-refractivity contribution in [2.45, 2.75) is 26.4 Å². The number of hydrogen-bond acceptors (Lipinski definition) is 6. The molecule has 1 aromatic carbocycles. The second-order valence-electron chi connectivity index (χ2n) is 6.93. The minimum atomic E-state index is -0.581. The summed E-state index contributed by atoms with van der Waals surface area (Å²) in [5.74, 6) is 0.186. The standard InChI is InChI=1S/C19H20N2O4S/c1-19(2,3)25-16(22)10-21-11-20-14-9-15(26-17(14)18(21)23)12-5-7-13(24-4)8-6-12/h5-9,11H,10H2,1-4H3/p+1. The van der Waals surface area contributed by atoms with E-state index in [0.717, 1.165) is 16.2 Å². The first-order valence-electron chi connectivity index (χ1n) is 8.21. The second-order valence-corrected chi connectivity index (χ2v) is 7.98. The molecule has 136 valence electrons. The van der Waals surface area contributed by atoms with Crippen LogP contribution in [0.4, 0.5) is 5.69 Å². The third-order valence-corrected chi connectivity index (χ3v) is 4.87. The van der Waals surface area contributed by atoms with Crippen LogP contribution in [0.5, 0.6) is 5.75 Å². The molecule has 0 aliphatic carbocycles. The highest BCUT2D eigenvalue weighted by atomic mass is 32.1. The molecule has 7 heteroatoms. The van der Waals surface area contributed by atoms with Crippen molar-refractivity contribution in [2.75, 3.05) is 13.7 Å². The third kappa shape index (κ3) is 4.00. The smallest absolute Gasteiger partial charge is 0.363 e. The van der Waals surface area contributed by atoms with E-state index >= 15 is 0 Å². The molecule has 0 bridgehead atoms. The van der Waals surface area contributed by atoms with Gasteiger partial charge >= 0.3 is 11.9 Å². The zero-order valence-corrected chi connectivity index (χ0v) is 16.0. The van der Waals surface area contributed by atoms with Crippen molar-refractivity contribution in [1.82, 2.24) is 0 Å². The van der Waals surface area contributed by atoms with Gasteiger partial charge in [-0.2, -0.15) is 0 Å². The Hall–Kier alpha value is -2.51. The van der Waals surface area contributed by atoms with Crippen LogP contribution in [-0.4, -0.2) is 37.5 Å². The van der Waals surface area contributed by atoms with Gasteiger partial charge in [0.25, 0.3) is 0 Å². The summed E-state index contributed by atoms with van der Waals surface area (Å²) in [6.45, 7) is 5.31. The number of thiophene rings is 1. The molecule has 1 N–H and O–H groups in total. The number of nitrogens with one attached hydrogen (secondary N) is 1. The van der Waals surface area contributed by atoms with Gasteiger partial charge in [0.1, 0.15) is 11.4 Å². The van der Waals surface area contributed by atoms with Crippen LogP contribution in [0.15, 0.2) is 35.3 Å². The summed E-state index contributed by atoms with van der Waals surface area (Å²) in [5, 5.41) is 0. The van der Waals surface area contributed by atoms with Crippen LogP contribution in [0.2, 0.25) is 0 Å². The van der Waals surface area contributed by atoms with Crippen LogP contribution in [0.1, 0.15) is 30.4 Å². The first-order valence-corrected chi connectivity index (χ1v) is 9.03. The highest BCUT2D eigenvalue weighted by Crippen LogP contribution is 2.37. The van der Waals surface area contributed by atoms with Gasteiger partial charge in [-0.05, 0) is 56.7 Å². The predicted octanol–water partition coefficient (Wildman–Crippen LogP) is 2.46. The van der Waals surface area contributed by atoms with Crippen molar-refractivity contribution in [3.8, 4) is 16.2 Å². The Morgan fingerprint density at radius 3 is 2.54 bits per heavy atom. The van der Waals surface area contributed by atoms with Crippen molar-refractivity contribution < 1.29 is 24.0 Å². The van der Waals surface area contributed by atoms with Crippen molar-refractivity contribution in [3.63, 3.8) is 0 Å². The summed E-state index contributed by atoms with van der Waals surface area (Å²) < 4.78 is 10.5. The van der Waals surface area contributed by atoms with E-state index in [9.17, 15) is 9.59 Å². The van der Waals surface area contributed by atoms with Gasteiger partial charge in [-0.15, -0.1) is 11.3 Å². The monoisotopic (exact) mass is 373 g/mol. The second kappa shape index (κ2) is 7.01. The average molecular weight is 373 g/mol. The Balaban J connectivity index is 1.78. The molecule has 1 unspecified atom stereocenters. The molecule has 0 saturated heterocycles. The molecule has 1 aromatic heterocycles. The molecule has 1 aliphatic rings. The largest absolute Gasteiger partial charge is 0.497 e. The number of amides is 1. The topological polar surface area (TPSA) is 69.4 Å². The number of hydrogen-bond donors (Lipinski definition) is 1. The Morgan fingerprint density at radius 1 is 1.23 bits per heavy atom. The number of quaternary nitrogens is 1. The lowest BCUT2D eigenvalue weighted by Gasteiger charge is -2.20. The fourth-order valence-corrected chi connectivity index (χ4v) is 3.63. The van der Waals surface area contributed by atoms with E-state index in [-0.39, 0.29) is 12.5 Å². The Kier molecular flexibility index (Phi) is 4.93. The summed E-state index contributed by atoms with van der Waals surface area (Å²) in [6.07, 6.45) is 1.47. The van der Waals surface area contributed by atoms with Crippen LogP contribution in [-0.2, 0) is 9.53 Å². The molecular weight excluding hydrogens is 352 g/mol. The molecule has 0 fully saturated rings. The third-order valence-electron chi connectivity index (χ3n) is 3.70.